The minimum Gasteiger partial charge on any atom is -0.462 e. The summed E-state index contributed by atoms with van der Waals surface area (Å²) < 4.78 is 5.13. The summed E-state index contributed by atoms with van der Waals surface area (Å²) in [5, 5.41) is 9.62. The van der Waals surface area contributed by atoms with Gasteiger partial charge < -0.3 is 9.84 Å². The van der Waals surface area contributed by atoms with Crippen LogP contribution in [0.3, 0.4) is 0 Å². The third kappa shape index (κ3) is 1.46. The zero-order chi connectivity index (χ0) is 9.30. The molecule has 0 aromatic rings. The molecule has 0 spiro atoms. The minimum atomic E-state index is -0.545. The summed E-state index contributed by atoms with van der Waals surface area (Å²) in [7, 11) is 0. The number of ether oxygens (including phenoxy) is 1. The van der Waals surface area contributed by atoms with Gasteiger partial charge in [0.1, 0.15) is 6.10 Å². The molecule has 3 nitrogen and oxygen atoms in total. The molecule has 1 rings (SSSR count). The zero-order valence-electron chi connectivity index (χ0n) is 7.78. The molecule has 1 N–H and O–H groups in total. The van der Waals surface area contributed by atoms with Gasteiger partial charge in [0.05, 0.1) is 12.0 Å². The zero-order valence-corrected chi connectivity index (χ0v) is 7.78. The number of rotatable bonds is 1. The Morgan fingerprint density at radius 3 is 2.58 bits per heavy atom. The molecule has 1 aliphatic rings. The van der Waals surface area contributed by atoms with E-state index in [9.17, 15) is 9.90 Å². The Balaban J connectivity index is 2.70. The van der Waals surface area contributed by atoms with Crippen LogP contribution in [0.5, 0.6) is 0 Å². The first-order valence-electron chi connectivity index (χ1n) is 4.46. The number of hydrogen-bond donors (Lipinski definition) is 1. The molecular weight excluding hydrogens is 156 g/mol. The van der Waals surface area contributed by atoms with Crippen LogP contribution in [0.15, 0.2) is 0 Å². The molecule has 12 heavy (non-hydrogen) atoms. The fraction of sp³-hybridized carbons (Fsp3) is 0.889. The van der Waals surface area contributed by atoms with E-state index in [0.717, 1.165) is 6.42 Å². The molecule has 0 aromatic carbocycles. The second-order valence-corrected chi connectivity index (χ2v) is 3.52. The first-order valence-corrected chi connectivity index (χ1v) is 4.46. The summed E-state index contributed by atoms with van der Waals surface area (Å²) in [6, 6.07) is 0. The van der Waals surface area contributed by atoms with Crippen molar-refractivity contribution >= 4 is 5.97 Å². The van der Waals surface area contributed by atoms with Crippen LogP contribution < -0.4 is 0 Å². The Bertz CT molecular complexity index is 177. The highest BCUT2D eigenvalue weighted by Gasteiger charge is 2.39. The van der Waals surface area contributed by atoms with Gasteiger partial charge in [0.15, 0.2) is 0 Å². The Morgan fingerprint density at radius 1 is 1.50 bits per heavy atom. The first-order chi connectivity index (χ1) is 5.57. The van der Waals surface area contributed by atoms with Crippen molar-refractivity contribution in [2.45, 2.75) is 39.4 Å². The monoisotopic (exact) mass is 172 g/mol. The molecular formula is C9H16O3. The maximum Gasteiger partial charge on any atom is 0.311 e. The van der Waals surface area contributed by atoms with Crippen LogP contribution in [0.2, 0.25) is 0 Å². The van der Waals surface area contributed by atoms with Gasteiger partial charge in [-0.15, -0.1) is 0 Å². The molecule has 1 heterocycles. The SMILES string of the molecule is CC[C@@H]1OC(=O)[C@H](C)[C@H](O)[C@@H]1C. The summed E-state index contributed by atoms with van der Waals surface area (Å²) in [5.74, 6) is -0.585. The van der Waals surface area contributed by atoms with Gasteiger partial charge in [0.25, 0.3) is 0 Å². The van der Waals surface area contributed by atoms with Gasteiger partial charge in [0.2, 0.25) is 0 Å². The van der Waals surface area contributed by atoms with Crippen LogP contribution in [0, 0.1) is 11.8 Å². The Morgan fingerprint density at radius 2 is 2.08 bits per heavy atom. The normalized spacial score (nSPS) is 42.5. The van der Waals surface area contributed by atoms with Gasteiger partial charge in [-0.25, -0.2) is 0 Å². The lowest BCUT2D eigenvalue weighted by molar-refractivity contribution is -0.177. The van der Waals surface area contributed by atoms with Crippen LogP contribution in [-0.2, 0) is 9.53 Å². The van der Waals surface area contributed by atoms with E-state index in [2.05, 4.69) is 0 Å². The van der Waals surface area contributed by atoms with E-state index in [-0.39, 0.29) is 23.9 Å². The number of carbonyl (C=O) groups excluding carboxylic acids is 1. The van der Waals surface area contributed by atoms with Gasteiger partial charge in [-0.3, -0.25) is 4.79 Å². The summed E-state index contributed by atoms with van der Waals surface area (Å²) in [5.41, 5.74) is 0. The van der Waals surface area contributed by atoms with E-state index in [1.54, 1.807) is 6.92 Å². The van der Waals surface area contributed by atoms with Crippen molar-refractivity contribution in [1.29, 1.82) is 0 Å². The fourth-order valence-corrected chi connectivity index (χ4v) is 1.63. The molecule has 0 radical (unpaired) electrons. The van der Waals surface area contributed by atoms with E-state index < -0.39 is 6.10 Å². The van der Waals surface area contributed by atoms with Crippen molar-refractivity contribution in [3.05, 3.63) is 0 Å². The average Bonchev–Trinajstić information content (AvgIpc) is 2.08. The number of carbonyl (C=O) groups is 1. The van der Waals surface area contributed by atoms with Crippen LogP contribution >= 0.6 is 0 Å². The van der Waals surface area contributed by atoms with Crippen molar-refractivity contribution in [3.8, 4) is 0 Å². The van der Waals surface area contributed by atoms with E-state index in [0.29, 0.717) is 0 Å². The van der Waals surface area contributed by atoms with Gasteiger partial charge >= 0.3 is 5.97 Å². The standard InChI is InChI=1S/C9H16O3/c1-4-7-5(2)8(10)6(3)9(11)12-7/h5-8,10H,4H2,1-3H3/t5-,6-,7+,8-/m1/s1. The second-order valence-electron chi connectivity index (χ2n) is 3.52. The minimum absolute atomic E-state index is 0.0581. The largest absolute Gasteiger partial charge is 0.462 e. The molecule has 4 atom stereocenters. The molecule has 3 heteroatoms. The van der Waals surface area contributed by atoms with E-state index in [4.69, 9.17) is 4.74 Å². The molecule has 1 aliphatic heterocycles. The van der Waals surface area contributed by atoms with E-state index in [1.165, 1.54) is 0 Å². The van der Waals surface area contributed by atoms with E-state index in [1.807, 2.05) is 13.8 Å². The van der Waals surface area contributed by atoms with Gasteiger partial charge in [0, 0.05) is 5.92 Å². The molecule has 0 bridgehead atoms. The van der Waals surface area contributed by atoms with Gasteiger partial charge in [-0.1, -0.05) is 13.8 Å². The summed E-state index contributed by atoms with van der Waals surface area (Å²) in [6.45, 7) is 5.58. The highest BCUT2D eigenvalue weighted by Crippen LogP contribution is 2.27. The van der Waals surface area contributed by atoms with Gasteiger partial charge in [-0.2, -0.15) is 0 Å². The summed E-state index contributed by atoms with van der Waals surface area (Å²) in [6.07, 6.45) is 0.122. The number of esters is 1. The van der Waals surface area contributed by atoms with Crippen LogP contribution in [0.25, 0.3) is 0 Å². The lowest BCUT2D eigenvalue weighted by Gasteiger charge is -2.35. The molecule has 0 aliphatic carbocycles. The number of aliphatic hydroxyl groups is 1. The van der Waals surface area contributed by atoms with Crippen molar-refractivity contribution in [2.75, 3.05) is 0 Å². The first kappa shape index (κ1) is 9.52. The maximum atomic E-state index is 11.1. The van der Waals surface area contributed by atoms with Crippen molar-refractivity contribution < 1.29 is 14.6 Å². The maximum absolute atomic E-state index is 11.1. The fourth-order valence-electron chi connectivity index (χ4n) is 1.63. The molecule has 0 amide bonds. The molecule has 0 aromatic heterocycles. The summed E-state index contributed by atoms with van der Waals surface area (Å²) >= 11 is 0. The van der Waals surface area contributed by atoms with E-state index >= 15 is 0 Å². The topological polar surface area (TPSA) is 46.5 Å². The predicted octanol–water partition coefficient (Wildman–Crippen LogP) is 0.955. The Labute approximate surface area is 72.7 Å². The smallest absolute Gasteiger partial charge is 0.311 e. The molecule has 0 unspecified atom stereocenters. The number of cyclic esters (lactones) is 1. The highest BCUT2D eigenvalue weighted by atomic mass is 16.5. The van der Waals surface area contributed by atoms with Crippen LogP contribution in [0.4, 0.5) is 0 Å². The molecule has 1 fully saturated rings. The van der Waals surface area contributed by atoms with Crippen LogP contribution in [0.1, 0.15) is 27.2 Å². The lowest BCUT2D eigenvalue weighted by atomic mass is 9.85. The quantitative estimate of drug-likeness (QED) is 0.599. The third-order valence-electron chi connectivity index (χ3n) is 2.68. The molecule has 1 saturated heterocycles. The Hall–Kier alpha value is -0.570. The van der Waals surface area contributed by atoms with Crippen molar-refractivity contribution in [1.82, 2.24) is 0 Å². The second kappa shape index (κ2) is 3.44. The van der Waals surface area contributed by atoms with Crippen molar-refractivity contribution in [3.63, 3.8) is 0 Å². The molecule has 70 valence electrons. The highest BCUT2D eigenvalue weighted by molar-refractivity contribution is 5.73. The van der Waals surface area contributed by atoms with Crippen molar-refractivity contribution in [2.24, 2.45) is 11.8 Å². The number of hydrogen-bond acceptors (Lipinski definition) is 3. The average molecular weight is 172 g/mol. The lowest BCUT2D eigenvalue weighted by Crippen LogP contribution is -2.46. The molecule has 0 saturated carbocycles. The Kier molecular flexibility index (Phi) is 2.73. The summed E-state index contributed by atoms with van der Waals surface area (Å²) in [4.78, 5) is 11.1. The third-order valence-corrected chi connectivity index (χ3v) is 2.68. The predicted molar refractivity (Wildman–Crippen MR) is 44.5 cm³/mol. The van der Waals surface area contributed by atoms with Gasteiger partial charge in [-0.05, 0) is 13.3 Å². The number of aliphatic hydroxyl groups excluding tert-OH is 1. The van der Waals surface area contributed by atoms with Crippen LogP contribution in [-0.4, -0.2) is 23.3 Å².